The molecule has 28 heavy (non-hydrogen) atoms. The third-order valence-corrected chi connectivity index (χ3v) is 7.17. The number of halogens is 1. The van der Waals surface area contributed by atoms with Crippen molar-refractivity contribution in [2.24, 2.45) is 11.8 Å². The first-order valence-corrected chi connectivity index (χ1v) is 12.1. The zero-order valence-electron chi connectivity index (χ0n) is 17.9. The second kappa shape index (κ2) is 11.6. The van der Waals surface area contributed by atoms with Crippen LogP contribution in [-0.2, 0) is 9.47 Å². The Morgan fingerprint density at radius 3 is 2.29 bits per heavy atom. The first kappa shape index (κ1) is 22.1. The van der Waals surface area contributed by atoms with Crippen molar-refractivity contribution in [3.05, 3.63) is 34.9 Å². The quantitative estimate of drug-likeness (QED) is 0.390. The highest BCUT2D eigenvalue weighted by Gasteiger charge is 2.35. The van der Waals surface area contributed by atoms with Crippen LogP contribution in [0, 0.1) is 11.8 Å². The van der Waals surface area contributed by atoms with Crippen molar-refractivity contribution in [3.63, 3.8) is 0 Å². The molecular weight excluding hydrogens is 368 g/mol. The van der Waals surface area contributed by atoms with E-state index in [4.69, 9.17) is 21.1 Å². The van der Waals surface area contributed by atoms with E-state index in [0.29, 0.717) is 23.9 Å². The number of hydrogen-bond donors (Lipinski definition) is 0. The molecule has 2 nitrogen and oxygen atoms in total. The molecule has 0 amide bonds. The molecular formula is C25H39ClO2. The van der Waals surface area contributed by atoms with Crippen LogP contribution in [0.2, 0.25) is 5.02 Å². The molecule has 1 aromatic carbocycles. The van der Waals surface area contributed by atoms with Crippen LogP contribution in [0.15, 0.2) is 24.3 Å². The van der Waals surface area contributed by atoms with Crippen molar-refractivity contribution in [1.82, 2.24) is 0 Å². The van der Waals surface area contributed by atoms with Crippen LogP contribution in [0.1, 0.15) is 96.0 Å². The molecule has 2 fully saturated rings. The van der Waals surface area contributed by atoms with Crippen LogP contribution in [0.3, 0.4) is 0 Å². The summed E-state index contributed by atoms with van der Waals surface area (Å²) in [5, 5.41) is 0.825. The molecule has 0 aromatic heterocycles. The molecule has 1 saturated heterocycles. The van der Waals surface area contributed by atoms with E-state index in [9.17, 15) is 0 Å². The van der Waals surface area contributed by atoms with Gasteiger partial charge in [-0.3, -0.25) is 0 Å². The Kier molecular flexibility index (Phi) is 9.14. The van der Waals surface area contributed by atoms with Gasteiger partial charge < -0.3 is 9.47 Å². The third kappa shape index (κ3) is 6.47. The Labute approximate surface area is 177 Å². The molecule has 0 spiro atoms. The molecule has 1 aliphatic heterocycles. The predicted octanol–water partition coefficient (Wildman–Crippen LogP) is 7.74. The first-order valence-electron chi connectivity index (χ1n) is 11.7. The minimum Gasteiger partial charge on any atom is -0.352 e. The Morgan fingerprint density at radius 2 is 1.61 bits per heavy atom. The number of benzene rings is 1. The predicted molar refractivity (Wildman–Crippen MR) is 118 cm³/mol. The molecule has 3 unspecified atom stereocenters. The molecule has 0 N–H and O–H groups in total. The maximum atomic E-state index is 6.35. The zero-order valence-corrected chi connectivity index (χ0v) is 18.6. The topological polar surface area (TPSA) is 18.5 Å². The average Bonchev–Trinajstić information content (AvgIpc) is 2.72. The van der Waals surface area contributed by atoms with Crippen molar-refractivity contribution in [3.8, 4) is 0 Å². The van der Waals surface area contributed by atoms with Crippen LogP contribution < -0.4 is 0 Å². The van der Waals surface area contributed by atoms with E-state index >= 15 is 0 Å². The minimum atomic E-state index is 0.0157. The molecule has 1 aliphatic carbocycles. The van der Waals surface area contributed by atoms with E-state index in [0.717, 1.165) is 11.6 Å². The standard InChI is InChI=1S/C25H39ClO2/c1-3-4-5-6-7-8-9-23-18-27-25(28-19(23)2)22-12-10-20(11-13-22)21-14-16-24(26)17-15-21/h14-17,19-20,22-23,25H,3-13,18H2,1-2H3. The summed E-state index contributed by atoms with van der Waals surface area (Å²) in [6.07, 6.45) is 14.6. The molecule has 0 radical (unpaired) electrons. The highest BCUT2D eigenvalue weighted by molar-refractivity contribution is 6.30. The SMILES string of the molecule is CCCCCCCCC1COC(C2CCC(c3ccc(Cl)cc3)CC2)OC1C. The summed E-state index contributed by atoms with van der Waals surface area (Å²) >= 11 is 6.03. The average molecular weight is 407 g/mol. The molecule has 3 heteroatoms. The van der Waals surface area contributed by atoms with E-state index in [2.05, 4.69) is 26.0 Å². The number of ether oxygens (including phenoxy) is 2. The summed E-state index contributed by atoms with van der Waals surface area (Å²) in [7, 11) is 0. The summed E-state index contributed by atoms with van der Waals surface area (Å²) < 4.78 is 12.6. The van der Waals surface area contributed by atoms with Gasteiger partial charge in [0.15, 0.2) is 6.29 Å². The Morgan fingerprint density at radius 1 is 0.929 bits per heavy atom. The van der Waals surface area contributed by atoms with E-state index in [1.807, 2.05) is 12.1 Å². The van der Waals surface area contributed by atoms with Gasteiger partial charge in [-0.2, -0.15) is 0 Å². The number of rotatable bonds is 9. The highest BCUT2D eigenvalue weighted by Crippen LogP contribution is 2.40. The summed E-state index contributed by atoms with van der Waals surface area (Å²) in [6.45, 7) is 5.42. The third-order valence-electron chi connectivity index (χ3n) is 6.91. The minimum absolute atomic E-state index is 0.0157. The molecule has 1 aromatic rings. The van der Waals surface area contributed by atoms with Crippen LogP contribution >= 0.6 is 11.6 Å². The van der Waals surface area contributed by atoms with Crippen molar-refractivity contribution in [2.45, 2.75) is 103 Å². The summed E-state index contributed by atoms with van der Waals surface area (Å²) in [5.74, 6) is 1.80. The second-order valence-corrected chi connectivity index (χ2v) is 9.46. The van der Waals surface area contributed by atoms with Crippen molar-refractivity contribution in [1.29, 1.82) is 0 Å². The lowest BCUT2D eigenvalue weighted by atomic mass is 9.78. The Bertz CT molecular complexity index is 550. The van der Waals surface area contributed by atoms with Gasteiger partial charge in [0.25, 0.3) is 0 Å². The van der Waals surface area contributed by atoms with E-state index < -0.39 is 0 Å². The summed E-state index contributed by atoms with van der Waals surface area (Å²) in [6, 6.07) is 8.41. The Hall–Kier alpha value is -0.570. The monoisotopic (exact) mass is 406 g/mol. The maximum Gasteiger partial charge on any atom is 0.160 e. The lowest BCUT2D eigenvalue weighted by Crippen LogP contribution is -2.42. The largest absolute Gasteiger partial charge is 0.352 e. The van der Waals surface area contributed by atoms with Crippen molar-refractivity contribution in [2.75, 3.05) is 6.61 Å². The zero-order chi connectivity index (χ0) is 19.8. The van der Waals surface area contributed by atoms with Gasteiger partial charge in [0.1, 0.15) is 0 Å². The molecule has 0 bridgehead atoms. The van der Waals surface area contributed by atoms with Gasteiger partial charge in [0.2, 0.25) is 0 Å². The summed E-state index contributed by atoms with van der Waals surface area (Å²) in [4.78, 5) is 0. The van der Waals surface area contributed by atoms with Gasteiger partial charge in [-0.05, 0) is 62.6 Å². The van der Waals surface area contributed by atoms with E-state index in [1.165, 1.54) is 76.2 Å². The van der Waals surface area contributed by atoms with Crippen LogP contribution in [0.5, 0.6) is 0 Å². The fourth-order valence-corrected chi connectivity index (χ4v) is 5.05. The first-order chi connectivity index (χ1) is 13.7. The van der Waals surface area contributed by atoms with Gasteiger partial charge in [-0.25, -0.2) is 0 Å². The van der Waals surface area contributed by atoms with Crippen molar-refractivity contribution >= 4 is 11.6 Å². The number of hydrogen-bond acceptors (Lipinski definition) is 2. The maximum absolute atomic E-state index is 6.35. The second-order valence-electron chi connectivity index (χ2n) is 9.02. The normalized spacial score (nSPS) is 31.0. The van der Waals surface area contributed by atoms with Gasteiger partial charge in [-0.1, -0.05) is 69.2 Å². The van der Waals surface area contributed by atoms with Crippen molar-refractivity contribution < 1.29 is 9.47 Å². The van der Waals surface area contributed by atoms with Gasteiger partial charge in [0, 0.05) is 16.9 Å². The van der Waals surface area contributed by atoms with E-state index in [-0.39, 0.29) is 6.29 Å². The van der Waals surface area contributed by atoms with Gasteiger partial charge >= 0.3 is 0 Å². The molecule has 2 aliphatic rings. The summed E-state index contributed by atoms with van der Waals surface area (Å²) in [5.41, 5.74) is 1.43. The fourth-order valence-electron chi connectivity index (χ4n) is 4.93. The van der Waals surface area contributed by atoms with E-state index in [1.54, 1.807) is 0 Å². The lowest BCUT2D eigenvalue weighted by Gasteiger charge is -2.40. The molecule has 158 valence electrons. The van der Waals surface area contributed by atoms with Crippen LogP contribution in [0.25, 0.3) is 0 Å². The fraction of sp³-hybridized carbons (Fsp3) is 0.760. The van der Waals surface area contributed by atoms with Crippen LogP contribution in [0.4, 0.5) is 0 Å². The van der Waals surface area contributed by atoms with Crippen LogP contribution in [-0.4, -0.2) is 19.0 Å². The van der Waals surface area contributed by atoms with Gasteiger partial charge in [0.05, 0.1) is 12.7 Å². The highest BCUT2D eigenvalue weighted by atomic mass is 35.5. The molecule has 1 heterocycles. The van der Waals surface area contributed by atoms with Gasteiger partial charge in [-0.15, -0.1) is 0 Å². The smallest absolute Gasteiger partial charge is 0.160 e. The lowest BCUT2D eigenvalue weighted by molar-refractivity contribution is -0.257. The molecule has 3 atom stereocenters. The Balaban J connectivity index is 1.36. The molecule has 1 saturated carbocycles. The number of unbranched alkanes of at least 4 members (excludes halogenated alkanes) is 5. The molecule has 3 rings (SSSR count).